The Kier molecular flexibility index (Phi) is 6.32. The molecule has 0 aliphatic rings. The monoisotopic (exact) mass is 182 g/mol. The van der Waals surface area contributed by atoms with Gasteiger partial charge in [0.1, 0.15) is 13.2 Å². The fraction of sp³-hybridized carbons (Fsp3) is 0.300. The molecule has 0 spiro atoms. The molecule has 3 heteroatoms. The summed E-state index contributed by atoms with van der Waals surface area (Å²) >= 11 is 0. The maximum absolute atomic E-state index is 10.6. The summed E-state index contributed by atoms with van der Waals surface area (Å²) in [6.45, 7) is 9.15. The van der Waals surface area contributed by atoms with Gasteiger partial charge in [0.25, 0.3) is 0 Å². The Morgan fingerprint density at radius 3 is 2.46 bits per heavy atom. The van der Waals surface area contributed by atoms with Gasteiger partial charge in [-0.15, -0.1) is 0 Å². The van der Waals surface area contributed by atoms with Crippen molar-refractivity contribution in [2.45, 2.75) is 6.92 Å². The van der Waals surface area contributed by atoms with Crippen LogP contribution in [0.5, 0.6) is 0 Å². The predicted octanol–water partition coefficient (Wildman–Crippen LogP) is 1.82. The van der Waals surface area contributed by atoms with E-state index in [1.165, 1.54) is 0 Å². The Hall–Kier alpha value is -1.51. The molecule has 3 nitrogen and oxygen atoms in total. The summed E-state index contributed by atoms with van der Waals surface area (Å²) in [7, 11) is 0. The summed E-state index contributed by atoms with van der Waals surface area (Å²) in [5, 5.41) is 0. The van der Waals surface area contributed by atoms with Crippen molar-refractivity contribution in [3.05, 3.63) is 37.1 Å². The molecule has 0 aromatic carbocycles. The SMILES string of the molecule is C=C/C=C(\C)OCCOC(=O)C=C. The van der Waals surface area contributed by atoms with Crippen molar-refractivity contribution in [3.63, 3.8) is 0 Å². The maximum atomic E-state index is 10.6. The third-order valence-corrected chi connectivity index (χ3v) is 1.18. The Morgan fingerprint density at radius 1 is 1.31 bits per heavy atom. The third-order valence-electron chi connectivity index (χ3n) is 1.18. The minimum absolute atomic E-state index is 0.229. The molecule has 0 aromatic rings. The number of rotatable bonds is 6. The number of hydrogen-bond acceptors (Lipinski definition) is 3. The second-order valence-corrected chi connectivity index (χ2v) is 2.23. The Bertz CT molecular complexity index is 216. The van der Waals surface area contributed by atoms with Crippen molar-refractivity contribution in [3.8, 4) is 0 Å². The molecule has 0 amide bonds. The molecule has 0 aromatic heterocycles. The lowest BCUT2D eigenvalue weighted by Crippen LogP contribution is -2.07. The van der Waals surface area contributed by atoms with Gasteiger partial charge in [0.2, 0.25) is 0 Å². The van der Waals surface area contributed by atoms with E-state index in [-0.39, 0.29) is 6.61 Å². The van der Waals surface area contributed by atoms with Crippen LogP contribution >= 0.6 is 0 Å². The van der Waals surface area contributed by atoms with Crippen LogP contribution in [0.4, 0.5) is 0 Å². The second kappa shape index (κ2) is 7.16. The molecule has 0 saturated heterocycles. The number of hydrogen-bond donors (Lipinski definition) is 0. The van der Waals surface area contributed by atoms with Crippen LogP contribution in [0.3, 0.4) is 0 Å². The highest BCUT2D eigenvalue weighted by Crippen LogP contribution is 1.94. The number of allylic oxidation sites excluding steroid dienone is 3. The van der Waals surface area contributed by atoms with Gasteiger partial charge in [0.05, 0.1) is 5.76 Å². The highest BCUT2D eigenvalue weighted by molar-refractivity contribution is 5.81. The summed E-state index contributed by atoms with van der Waals surface area (Å²) in [4.78, 5) is 10.6. The number of carbonyl (C=O) groups excluding carboxylic acids is 1. The lowest BCUT2D eigenvalue weighted by Gasteiger charge is -2.05. The van der Waals surface area contributed by atoms with Crippen molar-refractivity contribution in [1.82, 2.24) is 0 Å². The van der Waals surface area contributed by atoms with E-state index in [1.54, 1.807) is 19.1 Å². The normalized spacial score (nSPS) is 10.4. The van der Waals surface area contributed by atoms with E-state index in [0.717, 1.165) is 11.8 Å². The lowest BCUT2D eigenvalue weighted by molar-refractivity contribution is -0.138. The summed E-state index contributed by atoms with van der Waals surface area (Å²) in [5.41, 5.74) is 0. The van der Waals surface area contributed by atoms with Gasteiger partial charge in [0.15, 0.2) is 0 Å². The molecule has 0 radical (unpaired) electrons. The van der Waals surface area contributed by atoms with E-state index < -0.39 is 5.97 Å². The first kappa shape index (κ1) is 11.5. The molecule has 0 N–H and O–H groups in total. The first-order chi connectivity index (χ1) is 6.20. The molecule has 72 valence electrons. The van der Waals surface area contributed by atoms with E-state index in [1.807, 2.05) is 0 Å². The number of esters is 1. The smallest absolute Gasteiger partial charge is 0.330 e. The molecule has 0 unspecified atom stereocenters. The van der Waals surface area contributed by atoms with Gasteiger partial charge < -0.3 is 9.47 Å². The molecule has 0 saturated carbocycles. The molecular weight excluding hydrogens is 168 g/mol. The zero-order chi connectivity index (χ0) is 10.1. The third kappa shape index (κ3) is 6.87. The lowest BCUT2D eigenvalue weighted by atomic mass is 10.5. The molecule has 0 bridgehead atoms. The fourth-order valence-electron chi connectivity index (χ4n) is 0.618. The predicted molar refractivity (Wildman–Crippen MR) is 51.1 cm³/mol. The van der Waals surface area contributed by atoms with Crippen LogP contribution < -0.4 is 0 Å². The molecule has 13 heavy (non-hydrogen) atoms. The van der Waals surface area contributed by atoms with Crippen molar-refractivity contribution < 1.29 is 14.3 Å². The second-order valence-electron chi connectivity index (χ2n) is 2.23. The average molecular weight is 182 g/mol. The van der Waals surface area contributed by atoms with E-state index in [0.29, 0.717) is 6.61 Å². The number of carbonyl (C=O) groups is 1. The van der Waals surface area contributed by atoms with Gasteiger partial charge in [-0.05, 0) is 13.0 Å². The highest BCUT2D eigenvalue weighted by Gasteiger charge is 1.94. The summed E-state index contributed by atoms with van der Waals surface area (Å²) in [6, 6.07) is 0. The van der Waals surface area contributed by atoms with Gasteiger partial charge in [-0.25, -0.2) is 4.79 Å². The molecular formula is C10H14O3. The Morgan fingerprint density at radius 2 is 1.92 bits per heavy atom. The van der Waals surface area contributed by atoms with Crippen LogP contribution in [-0.2, 0) is 14.3 Å². The molecule has 0 fully saturated rings. The highest BCUT2D eigenvalue weighted by atomic mass is 16.6. The van der Waals surface area contributed by atoms with Crippen molar-refractivity contribution in [1.29, 1.82) is 0 Å². The zero-order valence-electron chi connectivity index (χ0n) is 7.79. The average Bonchev–Trinajstić information content (AvgIpc) is 2.12. The first-order valence-electron chi connectivity index (χ1n) is 3.92. The topological polar surface area (TPSA) is 35.5 Å². The molecule has 0 aliphatic carbocycles. The van der Waals surface area contributed by atoms with Gasteiger partial charge in [-0.2, -0.15) is 0 Å². The van der Waals surface area contributed by atoms with Crippen LogP contribution in [0.25, 0.3) is 0 Å². The van der Waals surface area contributed by atoms with Crippen molar-refractivity contribution in [2.24, 2.45) is 0 Å². The standard InChI is InChI=1S/C10H14O3/c1-4-6-9(3)12-7-8-13-10(11)5-2/h4-6H,1-2,7-8H2,3H3/b9-6+. The van der Waals surface area contributed by atoms with Gasteiger partial charge >= 0.3 is 5.97 Å². The van der Waals surface area contributed by atoms with Gasteiger partial charge in [-0.1, -0.05) is 19.2 Å². The summed E-state index contributed by atoms with van der Waals surface area (Å²) < 4.78 is 9.84. The quantitative estimate of drug-likeness (QED) is 0.207. The Labute approximate surface area is 78.3 Å². The van der Waals surface area contributed by atoms with E-state index >= 15 is 0 Å². The fourth-order valence-corrected chi connectivity index (χ4v) is 0.618. The van der Waals surface area contributed by atoms with E-state index in [4.69, 9.17) is 4.74 Å². The van der Waals surface area contributed by atoms with Crippen LogP contribution in [0, 0.1) is 0 Å². The largest absolute Gasteiger partial charge is 0.495 e. The van der Waals surface area contributed by atoms with Crippen molar-refractivity contribution >= 4 is 5.97 Å². The zero-order valence-corrected chi connectivity index (χ0v) is 7.79. The van der Waals surface area contributed by atoms with Gasteiger partial charge in [0, 0.05) is 6.08 Å². The summed E-state index contributed by atoms with van der Waals surface area (Å²) in [5.74, 6) is 0.304. The summed E-state index contributed by atoms with van der Waals surface area (Å²) in [6.07, 6.45) is 4.48. The van der Waals surface area contributed by atoms with Crippen LogP contribution in [0.2, 0.25) is 0 Å². The van der Waals surface area contributed by atoms with E-state index in [9.17, 15) is 4.79 Å². The number of ether oxygens (including phenoxy) is 2. The molecule has 0 atom stereocenters. The Balaban J connectivity index is 3.45. The maximum Gasteiger partial charge on any atom is 0.330 e. The van der Waals surface area contributed by atoms with Crippen LogP contribution in [0.1, 0.15) is 6.92 Å². The molecule has 0 heterocycles. The van der Waals surface area contributed by atoms with Crippen LogP contribution in [-0.4, -0.2) is 19.2 Å². The van der Waals surface area contributed by atoms with Crippen LogP contribution in [0.15, 0.2) is 37.1 Å². The van der Waals surface area contributed by atoms with Crippen molar-refractivity contribution in [2.75, 3.05) is 13.2 Å². The van der Waals surface area contributed by atoms with E-state index in [2.05, 4.69) is 17.9 Å². The minimum atomic E-state index is -0.436. The molecule has 0 aliphatic heterocycles. The molecule has 0 rings (SSSR count). The minimum Gasteiger partial charge on any atom is -0.495 e. The van der Waals surface area contributed by atoms with Gasteiger partial charge in [-0.3, -0.25) is 0 Å². The first-order valence-corrected chi connectivity index (χ1v) is 3.92.